The van der Waals surface area contributed by atoms with Gasteiger partial charge in [-0.15, -0.1) is 0 Å². The fourth-order valence-corrected chi connectivity index (χ4v) is 4.56. The molecular weight excluding hydrogens is 445 g/mol. The second-order valence-electron chi connectivity index (χ2n) is 7.90. The first kappa shape index (κ1) is 22.8. The molecule has 0 fully saturated rings. The molecule has 0 saturated heterocycles. The fourth-order valence-electron chi connectivity index (χ4n) is 3.72. The number of H-pyrrole nitrogens is 1. The number of carbonyl (C=O) groups is 1. The van der Waals surface area contributed by atoms with Crippen molar-refractivity contribution in [3.8, 4) is 11.5 Å². The summed E-state index contributed by atoms with van der Waals surface area (Å²) in [4.78, 5) is 32.7. The lowest BCUT2D eigenvalue weighted by Gasteiger charge is -2.25. The Balaban J connectivity index is 1.66. The number of hydrogen-bond donors (Lipinski definition) is 2. The van der Waals surface area contributed by atoms with E-state index in [-0.39, 0.29) is 35.6 Å². The standard InChI is InChI=1S/C24H24FN3O4S/c1-13(2)32-18-9-8-14(10-19(18)31-3)16-11-20(29)26-22-21(16)23(30)28-24(27-22)33-12-15-6-4-5-7-17(15)25/h4-10,13,16H,11-12H2,1-3H3,(H2,26,27,28,29,30). The minimum atomic E-state index is -0.488. The Labute approximate surface area is 194 Å². The summed E-state index contributed by atoms with van der Waals surface area (Å²) < 4.78 is 25.1. The molecule has 4 rings (SSSR count). The van der Waals surface area contributed by atoms with Crippen LogP contribution < -0.4 is 20.3 Å². The van der Waals surface area contributed by atoms with Crippen molar-refractivity contribution in [3.63, 3.8) is 0 Å². The molecule has 7 nitrogen and oxygen atoms in total. The normalized spacial score (nSPS) is 15.2. The SMILES string of the molecule is COc1cc(C2CC(=O)Nc3nc(SCc4ccccc4F)[nH]c(=O)c32)ccc1OC(C)C. The third kappa shape index (κ3) is 5.03. The van der Waals surface area contributed by atoms with Crippen LogP contribution in [-0.4, -0.2) is 29.1 Å². The third-order valence-electron chi connectivity index (χ3n) is 5.20. The Kier molecular flexibility index (Phi) is 6.69. The van der Waals surface area contributed by atoms with Gasteiger partial charge in [0.05, 0.1) is 18.8 Å². The number of ether oxygens (including phenoxy) is 2. The third-order valence-corrected chi connectivity index (χ3v) is 6.13. The average Bonchev–Trinajstić information content (AvgIpc) is 2.77. The van der Waals surface area contributed by atoms with E-state index < -0.39 is 5.92 Å². The lowest BCUT2D eigenvalue weighted by Crippen LogP contribution is -2.31. The topological polar surface area (TPSA) is 93.3 Å². The number of thioether (sulfide) groups is 1. The zero-order valence-corrected chi connectivity index (χ0v) is 19.3. The molecule has 0 bridgehead atoms. The number of nitrogens with zero attached hydrogens (tertiary/aromatic N) is 1. The summed E-state index contributed by atoms with van der Waals surface area (Å²) in [5, 5.41) is 3.01. The molecule has 1 atom stereocenters. The van der Waals surface area contributed by atoms with Gasteiger partial charge >= 0.3 is 0 Å². The average molecular weight is 470 g/mol. The fraction of sp³-hybridized carbons (Fsp3) is 0.292. The maximum absolute atomic E-state index is 13.9. The number of amides is 1. The van der Waals surface area contributed by atoms with Gasteiger partial charge in [-0.05, 0) is 43.2 Å². The molecular formula is C24H24FN3O4S. The zero-order chi connectivity index (χ0) is 23.5. The van der Waals surface area contributed by atoms with Crippen molar-refractivity contribution < 1.29 is 18.7 Å². The van der Waals surface area contributed by atoms with Crippen molar-refractivity contribution in [2.45, 2.75) is 43.2 Å². The van der Waals surface area contributed by atoms with Crippen molar-refractivity contribution in [1.29, 1.82) is 0 Å². The Hall–Kier alpha value is -3.33. The number of aromatic amines is 1. The molecule has 1 aliphatic heterocycles. The summed E-state index contributed by atoms with van der Waals surface area (Å²) in [5.41, 5.74) is 1.28. The van der Waals surface area contributed by atoms with Crippen LogP contribution in [0.25, 0.3) is 0 Å². The summed E-state index contributed by atoms with van der Waals surface area (Å²) in [7, 11) is 1.54. The maximum atomic E-state index is 13.9. The Morgan fingerprint density at radius 3 is 2.70 bits per heavy atom. The van der Waals surface area contributed by atoms with Gasteiger partial charge in [-0.2, -0.15) is 0 Å². The van der Waals surface area contributed by atoms with E-state index in [0.29, 0.717) is 33.5 Å². The molecule has 0 spiro atoms. The first-order valence-corrected chi connectivity index (χ1v) is 11.5. The summed E-state index contributed by atoms with van der Waals surface area (Å²) in [6.45, 7) is 3.84. The number of anilines is 1. The van der Waals surface area contributed by atoms with Crippen LogP contribution in [0.2, 0.25) is 0 Å². The molecule has 2 N–H and O–H groups in total. The predicted octanol–water partition coefficient (Wildman–Crippen LogP) is 4.47. The molecule has 33 heavy (non-hydrogen) atoms. The van der Waals surface area contributed by atoms with Crippen molar-refractivity contribution in [2.75, 3.05) is 12.4 Å². The van der Waals surface area contributed by atoms with Crippen molar-refractivity contribution in [1.82, 2.24) is 9.97 Å². The van der Waals surface area contributed by atoms with Crippen LogP contribution >= 0.6 is 11.8 Å². The van der Waals surface area contributed by atoms with Crippen LogP contribution in [0.4, 0.5) is 10.2 Å². The molecule has 2 aromatic carbocycles. The van der Waals surface area contributed by atoms with Gasteiger partial charge in [-0.25, -0.2) is 9.37 Å². The van der Waals surface area contributed by atoms with Crippen LogP contribution in [0.15, 0.2) is 52.4 Å². The minimum Gasteiger partial charge on any atom is -0.493 e. The highest BCUT2D eigenvalue weighted by atomic mass is 32.2. The number of fused-ring (bicyclic) bond motifs is 1. The van der Waals surface area contributed by atoms with Gasteiger partial charge in [-0.3, -0.25) is 9.59 Å². The molecule has 0 saturated carbocycles. The smallest absolute Gasteiger partial charge is 0.257 e. The molecule has 2 heterocycles. The Morgan fingerprint density at radius 1 is 1.18 bits per heavy atom. The number of halogens is 1. The van der Waals surface area contributed by atoms with Gasteiger partial charge in [0.25, 0.3) is 5.56 Å². The monoisotopic (exact) mass is 469 g/mol. The van der Waals surface area contributed by atoms with E-state index in [0.717, 1.165) is 5.56 Å². The number of rotatable bonds is 7. The van der Waals surface area contributed by atoms with Crippen LogP contribution in [0.5, 0.6) is 11.5 Å². The molecule has 1 aliphatic rings. The highest BCUT2D eigenvalue weighted by Crippen LogP contribution is 2.38. The van der Waals surface area contributed by atoms with Gasteiger partial charge in [0.2, 0.25) is 5.91 Å². The van der Waals surface area contributed by atoms with E-state index in [4.69, 9.17) is 9.47 Å². The number of aromatic nitrogens is 2. The second kappa shape index (κ2) is 9.66. The number of hydrogen-bond acceptors (Lipinski definition) is 6. The molecule has 9 heteroatoms. The lowest BCUT2D eigenvalue weighted by atomic mass is 9.86. The van der Waals surface area contributed by atoms with Gasteiger partial charge < -0.3 is 19.8 Å². The molecule has 1 amide bonds. The molecule has 3 aromatic rings. The first-order chi connectivity index (χ1) is 15.9. The van der Waals surface area contributed by atoms with Gasteiger partial charge in [0.15, 0.2) is 16.7 Å². The van der Waals surface area contributed by atoms with E-state index >= 15 is 0 Å². The number of benzene rings is 2. The highest BCUT2D eigenvalue weighted by Gasteiger charge is 2.31. The van der Waals surface area contributed by atoms with Gasteiger partial charge in [0.1, 0.15) is 11.6 Å². The number of methoxy groups -OCH3 is 1. The predicted molar refractivity (Wildman–Crippen MR) is 125 cm³/mol. The maximum Gasteiger partial charge on any atom is 0.257 e. The van der Waals surface area contributed by atoms with Crippen LogP contribution in [0, 0.1) is 5.82 Å². The van der Waals surface area contributed by atoms with Gasteiger partial charge in [0, 0.05) is 18.1 Å². The van der Waals surface area contributed by atoms with E-state index in [1.807, 2.05) is 19.9 Å². The zero-order valence-electron chi connectivity index (χ0n) is 18.5. The quantitative estimate of drug-likeness (QED) is 0.392. The number of nitrogens with one attached hydrogen (secondary N) is 2. The summed E-state index contributed by atoms with van der Waals surface area (Å²) in [5.74, 6) is 0.573. The largest absolute Gasteiger partial charge is 0.493 e. The lowest BCUT2D eigenvalue weighted by molar-refractivity contribution is -0.116. The van der Waals surface area contributed by atoms with E-state index in [1.54, 1.807) is 37.4 Å². The Morgan fingerprint density at radius 2 is 1.97 bits per heavy atom. The molecule has 1 unspecified atom stereocenters. The summed E-state index contributed by atoms with van der Waals surface area (Å²) >= 11 is 1.19. The molecule has 0 aliphatic carbocycles. The highest BCUT2D eigenvalue weighted by molar-refractivity contribution is 7.98. The van der Waals surface area contributed by atoms with Crippen LogP contribution in [0.1, 0.15) is 42.9 Å². The van der Waals surface area contributed by atoms with E-state index in [2.05, 4.69) is 15.3 Å². The van der Waals surface area contributed by atoms with Crippen LogP contribution in [-0.2, 0) is 10.5 Å². The van der Waals surface area contributed by atoms with Crippen molar-refractivity contribution >= 4 is 23.5 Å². The van der Waals surface area contributed by atoms with E-state index in [9.17, 15) is 14.0 Å². The Bertz CT molecular complexity index is 1240. The molecule has 0 radical (unpaired) electrons. The second-order valence-corrected chi connectivity index (χ2v) is 8.86. The van der Waals surface area contributed by atoms with Crippen molar-refractivity contribution in [3.05, 3.63) is 75.3 Å². The van der Waals surface area contributed by atoms with Gasteiger partial charge in [-0.1, -0.05) is 36.0 Å². The minimum absolute atomic E-state index is 0.0294. The molecule has 172 valence electrons. The summed E-state index contributed by atoms with van der Waals surface area (Å²) in [6.07, 6.45) is 0.0748. The van der Waals surface area contributed by atoms with Crippen molar-refractivity contribution in [2.24, 2.45) is 0 Å². The number of carbonyl (C=O) groups excluding carboxylic acids is 1. The van der Waals surface area contributed by atoms with E-state index in [1.165, 1.54) is 17.8 Å². The first-order valence-electron chi connectivity index (χ1n) is 10.5. The van der Waals surface area contributed by atoms with Crippen LogP contribution in [0.3, 0.4) is 0 Å². The molecule has 1 aromatic heterocycles. The summed E-state index contributed by atoms with van der Waals surface area (Å²) in [6, 6.07) is 11.8.